The lowest BCUT2D eigenvalue weighted by Crippen LogP contribution is -2.13. The van der Waals surface area contributed by atoms with Crippen LogP contribution in [0.25, 0.3) is 0 Å². The third-order valence-corrected chi connectivity index (χ3v) is 3.52. The Labute approximate surface area is 139 Å². The molecule has 4 nitrogen and oxygen atoms in total. The van der Waals surface area contributed by atoms with Crippen molar-refractivity contribution in [2.24, 2.45) is 0 Å². The lowest BCUT2D eigenvalue weighted by molar-refractivity contribution is 0.102. The summed E-state index contributed by atoms with van der Waals surface area (Å²) in [7, 11) is 0. The number of nitrogens with zero attached hydrogens (tertiary/aromatic N) is 1. The number of carbonyl (C=O) groups excluding carboxylic acids is 1. The molecule has 0 saturated carbocycles. The minimum Gasteiger partial charge on any atom is -0.354 e. The summed E-state index contributed by atoms with van der Waals surface area (Å²) in [6, 6.07) is 17.0. The number of pyridine rings is 1. The third-order valence-electron chi connectivity index (χ3n) is 3.52. The highest BCUT2D eigenvalue weighted by Gasteiger charge is 2.07. The lowest BCUT2D eigenvalue weighted by Gasteiger charge is -2.10. The van der Waals surface area contributed by atoms with Gasteiger partial charge in [-0.2, -0.15) is 0 Å². The molecule has 2 N–H and O–H groups in total. The predicted octanol–water partition coefficient (Wildman–Crippen LogP) is 4.53. The van der Waals surface area contributed by atoms with E-state index in [1.807, 2.05) is 37.3 Å². The zero-order valence-electron chi connectivity index (χ0n) is 13.1. The van der Waals surface area contributed by atoms with Crippen molar-refractivity contribution in [3.63, 3.8) is 0 Å². The molecule has 0 unspecified atom stereocenters. The number of amides is 1. The van der Waals surface area contributed by atoms with Crippen LogP contribution >= 0.6 is 0 Å². The van der Waals surface area contributed by atoms with E-state index in [2.05, 4.69) is 15.6 Å². The highest BCUT2D eigenvalue weighted by atomic mass is 19.1. The van der Waals surface area contributed by atoms with Gasteiger partial charge in [0.25, 0.3) is 5.91 Å². The summed E-state index contributed by atoms with van der Waals surface area (Å²) in [6.07, 6.45) is 1.63. The second kappa shape index (κ2) is 6.91. The number of para-hydroxylation sites is 1. The molecule has 0 aliphatic heterocycles. The van der Waals surface area contributed by atoms with Gasteiger partial charge < -0.3 is 10.6 Å². The molecule has 0 aliphatic rings. The fourth-order valence-electron chi connectivity index (χ4n) is 2.23. The summed E-state index contributed by atoms with van der Waals surface area (Å²) in [6.45, 7) is 2.02. The van der Waals surface area contributed by atoms with E-state index in [9.17, 15) is 9.18 Å². The Hall–Kier alpha value is -3.21. The zero-order valence-corrected chi connectivity index (χ0v) is 13.1. The molecule has 1 aromatic heterocycles. The quantitative estimate of drug-likeness (QED) is 0.742. The standard InChI is InChI=1S/C19H16FN3O/c1-13-5-2-3-8-17(13)22-16-9-10-18(21-12-16)23-19(24)14-6-4-7-15(20)11-14/h2-12,22H,1H3,(H,21,23,24). The summed E-state index contributed by atoms with van der Waals surface area (Å²) in [4.78, 5) is 16.3. The number of aromatic nitrogens is 1. The lowest BCUT2D eigenvalue weighted by atomic mass is 10.2. The average Bonchev–Trinajstić information content (AvgIpc) is 2.58. The Bertz CT molecular complexity index is 862. The molecule has 0 atom stereocenters. The van der Waals surface area contributed by atoms with Gasteiger partial charge in [-0.05, 0) is 48.9 Å². The third kappa shape index (κ3) is 3.76. The first-order chi connectivity index (χ1) is 11.6. The second-order valence-corrected chi connectivity index (χ2v) is 5.34. The van der Waals surface area contributed by atoms with Crippen molar-refractivity contribution >= 4 is 23.1 Å². The van der Waals surface area contributed by atoms with Crippen molar-refractivity contribution in [3.05, 3.63) is 83.8 Å². The van der Waals surface area contributed by atoms with Gasteiger partial charge in [-0.25, -0.2) is 9.37 Å². The fraction of sp³-hybridized carbons (Fsp3) is 0.0526. The van der Waals surface area contributed by atoms with Crippen molar-refractivity contribution in [3.8, 4) is 0 Å². The van der Waals surface area contributed by atoms with Crippen LogP contribution < -0.4 is 10.6 Å². The molecular formula is C19H16FN3O. The largest absolute Gasteiger partial charge is 0.354 e. The smallest absolute Gasteiger partial charge is 0.256 e. The molecular weight excluding hydrogens is 305 g/mol. The molecule has 24 heavy (non-hydrogen) atoms. The molecule has 3 rings (SSSR count). The maximum absolute atomic E-state index is 13.2. The van der Waals surface area contributed by atoms with E-state index in [0.717, 1.165) is 16.9 Å². The van der Waals surface area contributed by atoms with Crippen molar-refractivity contribution in [2.75, 3.05) is 10.6 Å². The highest BCUT2D eigenvalue weighted by molar-refractivity contribution is 6.03. The maximum atomic E-state index is 13.2. The molecule has 120 valence electrons. The summed E-state index contributed by atoms with van der Waals surface area (Å²) < 4.78 is 13.2. The number of carbonyl (C=O) groups is 1. The highest BCUT2D eigenvalue weighted by Crippen LogP contribution is 2.20. The molecule has 0 spiro atoms. The Morgan fingerprint density at radius 1 is 1.04 bits per heavy atom. The van der Waals surface area contributed by atoms with Crippen molar-refractivity contribution in [2.45, 2.75) is 6.92 Å². The Morgan fingerprint density at radius 3 is 2.58 bits per heavy atom. The Kier molecular flexibility index (Phi) is 4.52. The minimum absolute atomic E-state index is 0.249. The molecule has 1 amide bonds. The number of halogens is 1. The average molecular weight is 321 g/mol. The van der Waals surface area contributed by atoms with Gasteiger partial charge in [-0.1, -0.05) is 24.3 Å². The summed E-state index contributed by atoms with van der Waals surface area (Å²) in [5, 5.41) is 5.91. The van der Waals surface area contributed by atoms with E-state index in [4.69, 9.17) is 0 Å². The van der Waals surface area contributed by atoms with Crippen LogP contribution in [0.5, 0.6) is 0 Å². The summed E-state index contributed by atoms with van der Waals surface area (Å²) >= 11 is 0. The van der Waals surface area contributed by atoms with Crippen molar-refractivity contribution in [1.29, 1.82) is 0 Å². The maximum Gasteiger partial charge on any atom is 0.256 e. The van der Waals surface area contributed by atoms with Gasteiger partial charge in [0.2, 0.25) is 0 Å². The number of benzene rings is 2. The van der Waals surface area contributed by atoms with Gasteiger partial charge in [0, 0.05) is 11.3 Å². The van der Waals surface area contributed by atoms with E-state index in [0.29, 0.717) is 5.82 Å². The van der Waals surface area contributed by atoms with Crippen LogP contribution in [0.1, 0.15) is 15.9 Å². The topological polar surface area (TPSA) is 54.0 Å². The second-order valence-electron chi connectivity index (χ2n) is 5.34. The van der Waals surface area contributed by atoms with Gasteiger partial charge in [-0.15, -0.1) is 0 Å². The minimum atomic E-state index is -0.451. The first-order valence-electron chi connectivity index (χ1n) is 7.47. The van der Waals surface area contributed by atoms with E-state index < -0.39 is 11.7 Å². The number of nitrogens with one attached hydrogen (secondary N) is 2. The molecule has 0 radical (unpaired) electrons. The summed E-state index contributed by atoms with van der Waals surface area (Å²) in [5.74, 6) is -0.449. The first kappa shape index (κ1) is 15.7. The predicted molar refractivity (Wildman–Crippen MR) is 93.1 cm³/mol. The normalized spacial score (nSPS) is 10.2. The molecule has 2 aromatic carbocycles. The van der Waals surface area contributed by atoms with Gasteiger partial charge in [0.15, 0.2) is 0 Å². The summed E-state index contributed by atoms with van der Waals surface area (Å²) in [5.41, 5.74) is 3.18. The van der Waals surface area contributed by atoms with Crippen molar-refractivity contribution < 1.29 is 9.18 Å². The van der Waals surface area contributed by atoms with E-state index in [-0.39, 0.29) is 5.56 Å². The molecule has 3 aromatic rings. The number of aryl methyl sites for hydroxylation is 1. The van der Waals surface area contributed by atoms with E-state index in [1.54, 1.807) is 18.3 Å². The van der Waals surface area contributed by atoms with Crippen LogP contribution in [0.2, 0.25) is 0 Å². The Balaban J connectivity index is 1.68. The van der Waals surface area contributed by atoms with Gasteiger partial charge in [-0.3, -0.25) is 4.79 Å². The van der Waals surface area contributed by atoms with Crippen LogP contribution in [0.15, 0.2) is 66.9 Å². The van der Waals surface area contributed by atoms with Gasteiger partial charge in [0.05, 0.1) is 11.9 Å². The fourth-order valence-corrected chi connectivity index (χ4v) is 2.23. The first-order valence-corrected chi connectivity index (χ1v) is 7.47. The number of rotatable bonds is 4. The molecule has 1 heterocycles. The number of anilines is 3. The zero-order chi connectivity index (χ0) is 16.9. The van der Waals surface area contributed by atoms with Crippen LogP contribution in [0.4, 0.5) is 21.6 Å². The van der Waals surface area contributed by atoms with E-state index in [1.165, 1.54) is 18.2 Å². The monoisotopic (exact) mass is 321 g/mol. The number of hydrogen-bond donors (Lipinski definition) is 2. The number of hydrogen-bond acceptors (Lipinski definition) is 3. The molecule has 0 fully saturated rings. The SMILES string of the molecule is Cc1ccccc1Nc1ccc(NC(=O)c2cccc(F)c2)nc1. The van der Waals surface area contributed by atoms with Crippen LogP contribution in [-0.4, -0.2) is 10.9 Å². The van der Waals surface area contributed by atoms with Gasteiger partial charge >= 0.3 is 0 Å². The van der Waals surface area contributed by atoms with E-state index >= 15 is 0 Å². The van der Waals surface area contributed by atoms with Crippen LogP contribution in [-0.2, 0) is 0 Å². The van der Waals surface area contributed by atoms with Crippen molar-refractivity contribution in [1.82, 2.24) is 4.98 Å². The van der Waals surface area contributed by atoms with Gasteiger partial charge in [0.1, 0.15) is 11.6 Å². The van der Waals surface area contributed by atoms with Crippen LogP contribution in [0, 0.1) is 12.7 Å². The molecule has 5 heteroatoms. The molecule has 0 bridgehead atoms. The molecule has 0 saturated heterocycles. The Morgan fingerprint density at radius 2 is 1.88 bits per heavy atom. The van der Waals surface area contributed by atoms with Crippen LogP contribution in [0.3, 0.4) is 0 Å². The molecule has 0 aliphatic carbocycles.